The van der Waals surface area contributed by atoms with Crippen LogP contribution >= 0.6 is 11.6 Å². The van der Waals surface area contributed by atoms with Crippen molar-refractivity contribution >= 4 is 40.1 Å². The van der Waals surface area contributed by atoms with E-state index in [9.17, 15) is 22.8 Å². The summed E-state index contributed by atoms with van der Waals surface area (Å²) in [6.07, 6.45) is -1.83. The zero-order chi connectivity index (χ0) is 27.6. The van der Waals surface area contributed by atoms with Crippen LogP contribution in [-0.2, 0) is 28.5 Å². The number of hydrogen-bond donors (Lipinski definition) is 1. The summed E-state index contributed by atoms with van der Waals surface area (Å²) in [7, 11) is 0. The summed E-state index contributed by atoms with van der Waals surface area (Å²) >= 11 is 6.11. The maximum Gasteiger partial charge on any atom is 0.416 e. The van der Waals surface area contributed by atoms with E-state index in [2.05, 4.69) is 5.32 Å². The number of carbonyl (C=O) groups is 2. The van der Waals surface area contributed by atoms with Gasteiger partial charge in [0.25, 0.3) is 5.91 Å². The highest BCUT2D eigenvalue weighted by atomic mass is 35.5. The number of nitrogens with one attached hydrogen (secondary N) is 1. The summed E-state index contributed by atoms with van der Waals surface area (Å²) in [5.41, 5.74) is 1.82. The smallest absolute Gasteiger partial charge is 0.416 e. The van der Waals surface area contributed by atoms with Crippen LogP contribution in [-0.4, -0.2) is 16.9 Å². The monoisotopic (exact) mass is 552 g/mol. The highest BCUT2D eigenvalue weighted by Gasteiger charge is 2.33. The molecule has 0 saturated heterocycles. The number of halogens is 4. The lowest BCUT2D eigenvalue weighted by atomic mass is 9.97. The second-order valence-corrected chi connectivity index (χ2v) is 9.77. The summed E-state index contributed by atoms with van der Waals surface area (Å²) in [4.78, 5) is 32.1. The topological polar surface area (TPSA) is 68.3 Å². The van der Waals surface area contributed by atoms with Crippen LogP contribution in [0.5, 0.6) is 0 Å². The van der Waals surface area contributed by atoms with Gasteiger partial charge in [-0.25, -0.2) is 4.79 Å². The van der Waals surface area contributed by atoms with Gasteiger partial charge in [-0.3, -0.25) is 9.78 Å². The van der Waals surface area contributed by atoms with E-state index in [0.29, 0.717) is 28.5 Å². The van der Waals surface area contributed by atoms with E-state index < -0.39 is 29.7 Å². The number of aromatic nitrogens is 1. The van der Waals surface area contributed by atoms with Crippen LogP contribution in [0.1, 0.15) is 58.1 Å². The van der Waals surface area contributed by atoms with Crippen LogP contribution in [0.15, 0.2) is 72.8 Å². The van der Waals surface area contributed by atoms with Gasteiger partial charge in [-0.1, -0.05) is 66.6 Å². The van der Waals surface area contributed by atoms with Gasteiger partial charge in [0, 0.05) is 16.6 Å². The van der Waals surface area contributed by atoms with E-state index in [1.165, 1.54) is 0 Å². The number of amides is 1. The number of carbonyl (C=O) groups excluding carboxylic acids is 2. The molecule has 1 aliphatic carbocycles. The Morgan fingerprint density at radius 3 is 2.41 bits per heavy atom. The number of fused-ring (bicyclic) bond motifs is 2. The lowest BCUT2D eigenvalue weighted by Crippen LogP contribution is -2.27. The molecule has 0 radical (unpaired) electrons. The van der Waals surface area contributed by atoms with Crippen molar-refractivity contribution in [3.63, 3.8) is 0 Å². The number of pyridine rings is 1. The largest absolute Gasteiger partial charge is 0.444 e. The molecule has 9 heteroatoms. The average molecular weight is 553 g/mol. The highest BCUT2D eigenvalue weighted by Crippen LogP contribution is 2.35. The van der Waals surface area contributed by atoms with Crippen LogP contribution in [0.2, 0.25) is 5.02 Å². The molecule has 1 atom stereocenters. The Morgan fingerprint density at radius 1 is 0.923 bits per heavy atom. The van der Waals surface area contributed by atoms with Crippen LogP contribution in [0.25, 0.3) is 10.9 Å². The third kappa shape index (κ3) is 5.76. The maximum absolute atomic E-state index is 13.8. The molecule has 1 N–H and O–H groups in total. The summed E-state index contributed by atoms with van der Waals surface area (Å²) < 4.78 is 45.7. The molecule has 3 aromatic carbocycles. The van der Waals surface area contributed by atoms with Gasteiger partial charge in [0.05, 0.1) is 27.4 Å². The lowest BCUT2D eigenvalue weighted by Gasteiger charge is -2.21. The molecule has 5 rings (SSSR count). The molecular formula is C30H24ClF3N2O3. The molecule has 0 spiro atoms. The number of esters is 1. The normalized spacial score (nSPS) is 14.3. The molecule has 0 aliphatic heterocycles. The van der Waals surface area contributed by atoms with Crippen molar-refractivity contribution in [3.05, 3.63) is 106 Å². The minimum atomic E-state index is -4.63. The van der Waals surface area contributed by atoms with E-state index in [-0.39, 0.29) is 10.7 Å². The molecule has 4 aromatic rings. The van der Waals surface area contributed by atoms with E-state index in [0.717, 1.165) is 55.1 Å². The van der Waals surface area contributed by atoms with E-state index in [4.69, 9.17) is 21.3 Å². The third-order valence-electron chi connectivity index (χ3n) is 6.74. The zero-order valence-electron chi connectivity index (χ0n) is 20.7. The Balaban J connectivity index is 1.53. The quantitative estimate of drug-likeness (QED) is 0.203. The first-order valence-corrected chi connectivity index (χ1v) is 12.9. The Bertz CT molecular complexity index is 1540. The molecule has 0 fully saturated rings. The summed E-state index contributed by atoms with van der Waals surface area (Å²) in [5.74, 6) is -1.54. The second kappa shape index (κ2) is 11.1. The van der Waals surface area contributed by atoms with Crippen molar-refractivity contribution in [3.8, 4) is 0 Å². The first kappa shape index (κ1) is 26.7. The predicted octanol–water partition coefficient (Wildman–Crippen LogP) is 7.71. The fourth-order valence-electron chi connectivity index (χ4n) is 4.84. The van der Waals surface area contributed by atoms with Gasteiger partial charge in [0.2, 0.25) is 6.10 Å². The summed E-state index contributed by atoms with van der Waals surface area (Å²) in [6, 6.07) is 18.2. The number of anilines is 1. The van der Waals surface area contributed by atoms with Crippen LogP contribution in [0.4, 0.5) is 18.9 Å². The van der Waals surface area contributed by atoms with Gasteiger partial charge in [-0.15, -0.1) is 0 Å². The minimum absolute atomic E-state index is 0.0834. The Kier molecular flexibility index (Phi) is 7.57. The SMILES string of the molecule is O=C(O[C@@H](C(=O)Nc1cc(C(F)(F)F)ccc1Cl)c1ccccc1)c1c2c(nc3ccccc13)CCCCC2. The van der Waals surface area contributed by atoms with Crippen LogP contribution in [0.3, 0.4) is 0 Å². The predicted molar refractivity (Wildman–Crippen MR) is 143 cm³/mol. The van der Waals surface area contributed by atoms with Crippen molar-refractivity contribution < 1.29 is 27.5 Å². The van der Waals surface area contributed by atoms with Crippen molar-refractivity contribution in [2.24, 2.45) is 0 Å². The third-order valence-corrected chi connectivity index (χ3v) is 7.07. The zero-order valence-corrected chi connectivity index (χ0v) is 21.5. The van der Waals surface area contributed by atoms with Gasteiger partial charge < -0.3 is 10.1 Å². The molecule has 1 aromatic heterocycles. The van der Waals surface area contributed by atoms with Crippen molar-refractivity contribution in [2.45, 2.75) is 44.4 Å². The maximum atomic E-state index is 13.8. The molecule has 39 heavy (non-hydrogen) atoms. The van der Waals surface area contributed by atoms with Crippen molar-refractivity contribution in [2.75, 3.05) is 5.32 Å². The van der Waals surface area contributed by atoms with Gasteiger partial charge in [-0.2, -0.15) is 13.2 Å². The molecule has 0 bridgehead atoms. The van der Waals surface area contributed by atoms with Gasteiger partial charge >= 0.3 is 12.1 Å². The Labute approximate surface area is 228 Å². The number of para-hydroxylation sites is 1. The molecule has 0 saturated carbocycles. The molecule has 5 nitrogen and oxygen atoms in total. The van der Waals surface area contributed by atoms with Crippen molar-refractivity contribution in [1.82, 2.24) is 4.98 Å². The number of alkyl halides is 3. The van der Waals surface area contributed by atoms with E-state index in [1.807, 2.05) is 12.1 Å². The van der Waals surface area contributed by atoms with Crippen LogP contribution in [0, 0.1) is 0 Å². The number of ether oxygens (including phenoxy) is 1. The molecule has 0 unspecified atom stereocenters. The minimum Gasteiger partial charge on any atom is -0.444 e. The molecule has 1 aliphatic rings. The van der Waals surface area contributed by atoms with Gasteiger partial charge in [-0.05, 0) is 55.5 Å². The number of benzene rings is 3. The first-order chi connectivity index (χ1) is 18.7. The second-order valence-electron chi connectivity index (χ2n) is 9.37. The van der Waals surface area contributed by atoms with Gasteiger partial charge in [0.15, 0.2) is 0 Å². The van der Waals surface area contributed by atoms with E-state index >= 15 is 0 Å². The lowest BCUT2D eigenvalue weighted by molar-refractivity contribution is -0.137. The molecule has 200 valence electrons. The van der Waals surface area contributed by atoms with Crippen LogP contribution < -0.4 is 5.32 Å². The number of aryl methyl sites for hydroxylation is 1. The van der Waals surface area contributed by atoms with E-state index in [1.54, 1.807) is 42.5 Å². The number of hydrogen-bond acceptors (Lipinski definition) is 4. The number of nitrogens with zero attached hydrogens (tertiary/aromatic N) is 1. The Hall–Kier alpha value is -3.91. The average Bonchev–Trinajstić information content (AvgIpc) is 3.16. The highest BCUT2D eigenvalue weighted by molar-refractivity contribution is 6.33. The molecule has 1 heterocycles. The molecule has 1 amide bonds. The fraction of sp³-hybridized carbons (Fsp3) is 0.233. The first-order valence-electron chi connectivity index (χ1n) is 12.6. The fourth-order valence-corrected chi connectivity index (χ4v) is 5.01. The summed E-state index contributed by atoms with van der Waals surface area (Å²) in [5, 5.41) is 2.97. The standard InChI is InChI=1S/C30H24ClF3N2O3/c31-22-16-15-19(30(32,33)34)17-25(22)36-28(37)27(18-9-3-1-4-10-18)39-29(38)26-20-11-5-2-6-13-23(20)35-24-14-8-7-12-21(24)26/h1,3-4,7-10,12,14-17,27H,2,5-6,11,13H2,(H,36,37)/t27-/m1/s1. The van der Waals surface area contributed by atoms with Crippen molar-refractivity contribution in [1.29, 1.82) is 0 Å². The van der Waals surface area contributed by atoms with Gasteiger partial charge in [0.1, 0.15) is 0 Å². The molecular weight excluding hydrogens is 529 g/mol. The Morgan fingerprint density at radius 2 is 1.64 bits per heavy atom. The number of rotatable bonds is 5. The summed E-state index contributed by atoms with van der Waals surface area (Å²) in [6.45, 7) is 0.